The second kappa shape index (κ2) is 9.05. The Labute approximate surface area is 158 Å². The van der Waals surface area contributed by atoms with Crippen molar-refractivity contribution < 1.29 is 19.0 Å². The van der Waals surface area contributed by atoms with Crippen molar-refractivity contribution in [2.24, 2.45) is 0 Å². The molecule has 6 nitrogen and oxygen atoms in total. The average molecular weight is 374 g/mol. The van der Waals surface area contributed by atoms with Crippen LogP contribution in [0.25, 0.3) is 0 Å². The summed E-state index contributed by atoms with van der Waals surface area (Å²) in [5, 5.41) is 5.74. The Hall–Kier alpha value is -2.80. The van der Waals surface area contributed by atoms with E-state index in [0.29, 0.717) is 28.5 Å². The van der Waals surface area contributed by atoms with Crippen LogP contribution in [0.4, 0.5) is 5.69 Å². The average Bonchev–Trinajstić information content (AvgIpc) is 2.61. The van der Waals surface area contributed by atoms with Crippen molar-refractivity contribution in [3.63, 3.8) is 0 Å². The van der Waals surface area contributed by atoms with Gasteiger partial charge in [0.25, 0.3) is 5.91 Å². The molecule has 0 saturated heterocycles. The fourth-order valence-corrected chi connectivity index (χ4v) is 2.45. The van der Waals surface area contributed by atoms with E-state index in [1.807, 2.05) is 19.9 Å². The van der Waals surface area contributed by atoms with Crippen LogP contribution in [0.1, 0.15) is 24.2 Å². The summed E-state index contributed by atoms with van der Waals surface area (Å²) < 4.78 is 16.2. The minimum Gasteiger partial charge on any atom is -0.497 e. The molecule has 2 rings (SSSR count). The third-order valence-corrected chi connectivity index (χ3v) is 3.58. The summed E-state index contributed by atoms with van der Waals surface area (Å²) >= 11 is 5.25. The predicted molar refractivity (Wildman–Crippen MR) is 105 cm³/mol. The summed E-state index contributed by atoms with van der Waals surface area (Å²) in [5.74, 6) is 1.35. The Bertz CT molecular complexity index is 793. The van der Waals surface area contributed by atoms with E-state index in [1.165, 1.54) is 0 Å². The van der Waals surface area contributed by atoms with Gasteiger partial charge in [-0.1, -0.05) is 12.1 Å². The van der Waals surface area contributed by atoms with Crippen molar-refractivity contribution in [1.29, 1.82) is 0 Å². The monoisotopic (exact) mass is 374 g/mol. The van der Waals surface area contributed by atoms with Gasteiger partial charge < -0.3 is 19.5 Å². The molecule has 0 aliphatic rings. The number of amides is 1. The van der Waals surface area contributed by atoms with Crippen LogP contribution in [-0.4, -0.2) is 31.3 Å². The van der Waals surface area contributed by atoms with Crippen LogP contribution < -0.4 is 24.8 Å². The van der Waals surface area contributed by atoms with E-state index in [1.54, 1.807) is 50.6 Å². The Balaban J connectivity index is 2.12. The van der Waals surface area contributed by atoms with Crippen LogP contribution in [0.2, 0.25) is 0 Å². The van der Waals surface area contributed by atoms with Crippen LogP contribution >= 0.6 is 12.2 Å². The van der Waals surface area contributed by atoms with Crippen molar-refractivity contribution in [1.82, 2.24) is 5.32 Å². The van der Waals surface area contributed by atoms with Gasteiger partial charge in [0.05, 0.1) is 31.6 Å². The molecule has 0 saturated carbocycles. The number of anilines is 1. The normalized spacial score (nSPS) is 10.2. The molecule has 0 heterocycles. The van der Waals surface area contributed by atoms with Gasteiger partial charge in [-0.25, -0.2) is 0 Å². The molecule has 0 aliphatic heterocycles. The largest absolute Gasteiger partial charge is 0.497 e. The van der Waals surface area contributed by atoms with Crippen LogP contribution in [0, 0.1) is 0 Å². The molecule has 2 aromatic rings. The Morgan fingerprint density at radius 2 is 1.77 bits per heavy atom. The lowest BCUT2D eigenvalue weighted by atomic mass is 10.2. The molecule has 0 aromatic heterocycles. The first-order valence-electron chi connectivity index (χ1n) is 8.04. The van der Waals surface area contributed by atoms with Crippen LogP contribution in [-0.2, 0) is 0 Å². The number of ether oxygens (including phenoxy) is 3. The second-order valence-electron chi connectivity index (χ2n) is 5.64. The third-order valence-electron chi connectivity index (χ3n) is 3.38. The Kier molecular flexibility index (Phi) is 6.80. The molecule has 0 spiro atoms. The quantitative estimate of drug-likeness (QED) is 0.753. The number of thiocarbonyl (C=S) groups is 1. The molecular weight excluding hydrogens is 352 g/mol. The molecule has 0 radical (unpaired) electrons. The number of nitrogens with one attached hydrogen (secondary N) is 2. The minimum atomic E-state index is -0.361. The van der Waals surface area contributed by atoms with Crippen LogP contribution in [0.5, 0.6) is 17.2 Å². The summed E-state index contributed by atoms with van der Waals surface area (Å²) in [5.41, 5.74) is 0.992. The topological polar surface area (TPSA) is 68.8 Å². The summed E-state index contributed by atoms with van der Waals surface area (Å²) in [6.45, 7) is 3.80. The van der Waals surface area contributed by atoms with E-state index in [0.717, 1.165) is 0 Å². The van der Waals surface area contributed by atoms with Crippen molar-refractivity contribution in [3.8, 4) is 17.2 Å². The second-order valence-corrected chi connectivity index (χ2v) is 6.05. The number of benzene rings is 2. The molecule has 0 aliphatic carbocycles. The number of para-hydroxylation sites is 1. The van der Waals surface area contributed by atoms with Gasteiger partial charge in [0.2, 0.25) is 0 Å². The number of carbonyl (C=O) groups excluding carboxylic acids is 1. The lowest BCUT2D eigenvalue weighted by molar-refractivity contribution is 0.0972. The zero-order chi connectivity index (χ0) is 19.1. The molecule has 138 valence electrons. The first-order valence-corrected chi connectivity index (χ1v) is 8.45. The molecule has 0 fully saturated rings. The lowest BCUT2D eigenvalue weighted by Crippen LogP contribution is -2.34. The van der Waals surface area contributed by atoms with Gasteiger partial charge in [-0.05, 0) is 50.3 Å². The predicted octanol–water partition coefficient (Wildman–Crippen LogP) is 3.62. The molecule has 2 aromatic carbocycles. The smallest absolute Gasteiger partial charge is 0.261 e. The lowest BCUT2D eigenvalue weighted by Gasteiger charge is -2.16. The van der Waals surface area contributed by atoms with Gasteiger partial charge in [-0.15, -0.1) is 0 Å². The molecule has 0 unspecified atom stereocenters. The van der Waals surface area contributed by atoms with Gasteiger partial charge in [-0.3, -0.25) is 10.1 Å². The fourth-order valence-electron chi connectivity index (χ4n) is 2.25. The van der Waals surface area contributed by atoms with E-state index in [2.05, 4.69) is 10.6 Å². The molecule has 2 N–H and O–H groups in total. The molecule has 7 heteroatoms. The van der Waals surface area contributed by atoms with Gasteiger partial charge in [0, 0.05) is 6.07 Å². The number of rotatable bonds is 6. The third kappa shape index (κ3) is 5.10. The maximum Gasteiger partial charge on any atom is 0.261 e. The van der Waals surface area contributed by atoms with Gasteiger partial charge in [0.15, 0.2) is 5.11 Å². The maximum atomic E-state index is 12.6. The summed E-state index contributed by atoms with van der Waals surface area (Å²) in [6.07, 6.45) is -0.0462. The van der Waals surface area contributed by atoms with Gasteiger partial charge in [-0.2, -0.15) is 0 Å². The minimum absolute atomic E-state index is 0.0462. The fraction of sp³-hybridized carbons (Fsp3) is 0.263. The van der Waals surface area contributed by atoms with Crippen LogP contribution in [0.15, 0.2) is 42.5 Å². The zero-order valence-corrected chi connectivity index (χ0v) is 16.0. The van der Waals surface area contributed by atoms with Crippen molar-refractivity contribution >= 4 is 28.9 Å². The summed E-state index contributed by atoms with van der Waals surface area (Å²) in [7, 11) is 3.12. The first kappa shape index (κ1) is 19.5. The van der Waals surface area contributed by atoms with Gasteiger partial charge >= 0.3 is 0 Å². The van der Waals surface area contributed by atoms with E-state index < -0.39 is 0 Å². The number of carbonyl (C=O) groups is 1. The highest BCUT2D eigenvalue weighted by molar-refractivity contribution is 7.80. The van der Waals surface area contributed by atoms with Crippen LogP contribution in [0.3, 0.4) is 0 Å². The molecule has 0 atom stereocenters. The van der Waals surface area contributed by atoms with E-state index in [4.69, 9.17) is 26.4 Å². The van der Waals surface area contributed by atoms with Crippen molar-refractivity contribution in [3.05, 3.63) is 48.0 Å². The van der Waals surface area contributed by atoms with Gasteiger partial charge in [0.1, 0.15) is 17.2 Å². The van der Waals surface area contributed by atoms with Crippen molar-refractivity contribution in [2.45, 2.75) is 20.0 Å². The summed E-state index contributed by atoms with van der Waals surface area (Å²) in [4.78, 5) is 12.6. The summed E-state index contributed by atoms with van der Waals surface area (Å²) in [6, 6.07) is 12.3. The highest BCUT2D eigenvalue weighted by atomic mass is 32.1. The number of methoxy groups -OCH3 is 2. The number of hydrogen-bond acceptors (Lipinski definition) is 5. The van der Waals surface area contributed by atoms with E-state index in [-0.39, 0.29) is 17.1 Å². The highest BCUT2D eigenvalue weighted by Gasteiger charge is 2.15. The standard InChI is InChI=1S/C19H22N2O4S/c1-12(2)25-16-8-6-5-7-14(16)18(22)21-19(26)20-15-11-13(23-3)9-10-17(15)24-4/h5-12H,1-4H3,(H2,20,21,22,26). The molecule has 1 amide bonds. The molecular formula is C19H22N2O4S. The Morgan fingerprint density at radius 3 is 2.42 bits per heavy atom. The highest BCUT2D eigenvalue weighted by Crippen LogP contribution is 2.28. The van der Waals surface area contributed by atoms with E-state index in [9.17, 15) is 4.79 Å². The zero-order valence-electron chi connectivity index (χ0n) is 15.2. The van der Waals surface area contributed by atoms with Crippen molar-refractivity contribution in [2.75, 3.05) is 19.5 Å². The SMILES string of the molecule is COc1ccc(OC)c(NC(=S)NC(=O)c2ccccc2OC(C)C)c1. The number of hydrogen-bond donors (Lipinski definition) is 2. The van der Waals surface area contributed by atoms with E-state index >= 15 is 0 Å². The molecule has 0 bridgehead atoms. The molecule has 26 heavy (non-hydrogen) atoms. The maximum absolute atomic E-state index is 12.6. The Morgan fingerprint density at radius 1 is 1.04 bits per heavy atom. The first-order chi connectivity index (χ1) is 12.4.